The molecule has 9 heteroatoms. The Morgan fingerprint density at radius 3 is 2.40 bits per heavy atom. The molecule has 0 saturated heterocycles. The normalized spacial score (nSPS) is 16.2. The second-order valence-electron chi connectivity index (χ2n) is 8.80. The van der Waals surface area contributed by atoms with E-state index in [1.54, 1.807) is 23.1 Å². The summed E-state index contributed by atoms with van der Waals surface area (Å²) in [6.07, 6.45) is 0.153. The molecule has 3 rings (SSSR count). The maximum atomic E-state index is 13.2. The summed E-state index contributed by atoms with van der Waals surface area (Å²) in [7, 11) is 1.44. The summed E-state index contributed by atoms with van der Waals surface area (Å²) < 4.78 is 44.7. The molecule has 0 fully saturated rings. The topological polar surface area (TPSA) is 70.1 Å². The number of rotatable bonds is 5. The third kappa shape index (κ3) is 7.53. The fourth-order valence-corrected chi connectivity index (χ4v) is 4.38. The Kier molecular flexibility index (Phi) is 9.28. The van der Waals surface area contributed by atoms with Gasteiger partial charge >= 0.3 is 12.1 Å². The molecule has 1 N–H and O–H groups in total. The van der Waals surface area contributed by atoms with Crippen molar-refractivity contribution < 1.29 is 32.6 Å². The van der Waals surface area contributed by atoms with Gasteiger partial charge in [-0.1, -0.05) is 37.5 Å². The van der Waals surface area contributed by atoms with Crippen LogP contribution in [0.4, 0.5) is 18.9 Å². The minimum absolute atomic E-state index is 0.0917. The lowest BCUT2D eigenvalue weighted by atomic mass is 10.0. The van der Waals surface area contributed by atoms with E-state index >= 15 is 0 Å². The number of benzene rings is 2. The molecule has 0 radical (unpaired) electrons. The minimum Gasteiger partial charge on any atom is -0.478 e. The minimum atomic E-state index is -4.43. The number of hydrogen-bond donors (Lipinski definition) is 1. The third-order valence-corrected chi connectivity index (χ3v) is 6.10. The molecular formula is C26H31F3N2O4. The van der Waals surface area contributed by atoms with Gasteiger partial charge in [0.1, 0.15) is 6.61 Å². The van der Waals surface area contributed by atoms with Crippen LogP contribution >= 0.6 is 0 Å². The van der Waals surface area contributed by atoms with Crippen molar-refractivity contribution in [1.82, 2.24) is 4.90 Å². The molecule has 0 bridgehead atoms. The highest BCUT2D eigenvalue weighted by atomic mass is 19.4. The Morgan fingerprint density at radius 2 is 1.71 bits per heavy atom. The Balaban J connectivity index is 1.99. The molecule has 1 aliphatic heterocycles. The van der Waals surface area contributed by atoms with E-state index in [0.29, 0.717) is 36.4 Å². The zero-order chi connectivity index (χ0) is 25.4. The van der Waals surface area contributed by atoms with Crippen molar-refractivity contribution in [2.24, 2.45) is 0 Å². The first-order valence-corrected chi connectivity index (χ1v) is 11.7. The predicted octanol–water partition coefficient (Wildman–Crippen LogP) is 5.35. The third-order valence-electron chi connectivity index (χ3n) is 6.10. The lowest BCUT2D eigenvalue weighted by Gasteiger charge is -2.29. The Hall–Kier alpha value is -2.91. The van der Waals surface area contributed by atoms with Crippen molar-refractivity contribution in [2.45, 2.75) is 51.4 Å². The number of anilines is 1. The van der Waals surface area contributed by atoms with Gasteiger partial charge in [0.05, 0.1) is 11.1 Å². The molecule has 6 nitrogen and oxygen atoms in total. The number of halogens is 3. The van der Waals surface area contributed by atoms with Crippen molar-refractivity contribution in [3.63, 3.8) is 0 Å². The van der Waals surface area contributed by atoms with Crippen LogP contribution in [0.2, 0.25) is 0 Å². The number of alkyl halides is 3. The summed E-state index contributed by atoms with van der Waals surface area (Å²) in [4.78, 5) is 28.2. The van der Waals surface area contributed by atoms with Crippen LogP contribution in [-0.4, -0.2) is 48.7 Å². The van der Waals surface area contributed by atoms with Gasteiger partial charge in [0.15, 0.2) is 0 Å². The van der Waals surface area contributed by atoms with Crippen LogP contribution in [0.3, 0.4) is 0 Å². The predicted molar refractivity (Wildman–Crippen MR) is 126 cm³/mol. The van der Waals surface area contributed by atoms with Gasteiger partial charge in [-0.25, -0.2) is 4.79 Å². The van der Waals surface area contributed by atoms with Crippen LogP contribution in [-0.2, 0) is 28.8 Å². The van der Waals surface area contributed by atoms with E-state index in [-0.39, 0.29) is 24.6 Å². The highest BCUT2D eigenvalue weighted by Gasteiger charge is 2.30. The molecule has 0 spiro atoms. The van der Waals surface area contributed by atoms with E-state index in [1.807, 2.05) is 4.90 Å². The molecule has 0 aromatic heterocycles. The van der Waals surface area contributed by atoms with Crippen molar-refractivity contribution in [2.75, 3.05) is 31.7 Å². The molecule has 35 heavy (non-hydrogen) atoms. The number of amides is 1. The van der Waals surface area contributed by atoms with Gasteiger partial charge in [0.2, 0.25) is 0 Å². The average Bonchev–Trinajstić information content (AvgIpc) is 2.80. The van der Waals surface area contributed by atoms with Crippen molar-refractivity contribution >= 4 is 17.6 Å². The van der Waals surface area contributed by atoms with Gasteiger partial charge in [-0.15, -0.1) is 0 Å². The molecule has 1 amide bonds. The second-order valence-corrected chi connectivity index (χ2v) is 8.80. The Morgan fingerprint density at radius 1 is 1.00 bits per heavy atom. The lowest BCUT2D eigenvalue weighted by Crippen LogP contribution is -2.36. The van der Waals surface area contributed by atoms with Gasteiger partial charge in [0, 0.05) is 32.4 Å². The maximum Gasteiger partial charge on any atom is 0.416 e. The number of hydrogen-bond acceptors (Lipinski definition) is 4. The van der Waals surface area contributed by atoms with Gasteiger partial charge in [-0.3, -0.25) is 9.69 Å². The van der Waals surface area contributed by atoms with Crippen LogP contribution in [0, 0.1) is 0 Å². The molecule has 2 aromatic rings. The van der Waals surface area contributed by atoms with E-state index in [0.717, 1.165) is 44.2 Å². The van der Waals surface area contributed by atoms with Crippen LogP contribution in [0.1, 0.15) is 59.2 Å². The number of carboxylic acids is 1. The lowest BCUT2D eigenvalue weighted by molar-refractivity contribution is -0.137. The summed E-state index contributed by atoms with van der Waals surface area (Å²) >= 11 is 0. The number of fused-ring (bicyclic) bond motifs is 1. The fourth-order valence-electron chi connectivity index (χ4n) is 4.38. The summed E-state index contributed by atoms with van der Waals surface area (Å²) in [5.74, 6) is -1.31. The van der Waals surface area contributed by atoms with Crippen molar-refractivity contribution in [3.05, 3.63) is 64.7 Å². The molecular weight excluding hydrogens is 461 g/mol. The molecule has 0 atom stereocenters. The van der Waals surface area contributed by atoms with E-state index in [1.165, 1.54) is 19.2 Å². The van der Waals surface area contributed by atoms with Crippen LogP contribution < -0.4 is 4.90 Å². The zero-order valence-electron chi connectivity index (χ0n) is 19.8. The first kappa shape index (κ1) is 26.7. The summed E-state index contributed by atoms with van der Waals surface area (Å²) in [6.45, 7) is 1.58. The number of aromatic carboxylic acids is 1. The molecule has 0 unspecified atom stereocenters. The van der Waals surface area contributed by atoms with E-state index in [4.69, 9.17) is 4.74 Å². The molecule has 2 aromatic carbocycles. The van der Waals surface area contributed by atoms with Crippen LogP contribution in [0.25, 0.3) is 0 Å². The van der Waals surface area contributed by atoms with Gasteiger partial charge < -0.3 is 14.7 Å². The van der Waals surface area contributed by atoms with Crippen LogP contribution in [0.15, 0.2) is 42.5 Å². The quantitative estimate of drug-likeness (QED) is 0.610. The Bertz CT molecular complexity index is 1030. The largest absolute Gasteiger partial charge is 0.478 e. The average molecular weight is 493 g/mol. The maximum absolute atomic E-state index is 13.2. The van der Waals surface area contributed by atoms with Gasteiger partial charge in [0.25, 0.3) is 5.91 Å². The molecule has 1 aliphatic rings. The highest BCUT2D eigenvalue weighted by Crippen LogP contribution is 2.31. The smallest absolute Gasteiger partial charge is 0.416 e. The van der Waals surface area contributed by atoms with E-state index in [9.17, 15) is 27.9 Å². The number of carbonyl (C=O) groups is 2. The number of nitrogens with zero attached hydrogens (tertiary/aromatic N) is 2. The monoisotopic (exact) mass is 492 g/mol. The van der Waals surface area contributed by atoms with Gasteiger partial charge in [-0.2, -0.15) is 13.2 Å². The molecule has 0 aliphatic carbocycles. The Labute approximate surface area is 203 Å². The van der Waals surface area contributed by atoms with E-state index < -0.39 is 17.7 Å². The number of ether oxygens (including phenoxy) is 1. The van der Waals surface area contributed by atoms with Crippen molar-refractivity contribution in [3.8, 4) is 0 Å². The number of carbonyl (C=O) groups excluding carboxylic acids is 1. The SMILES string of the molecule is COCC(=O)N1CCCCCCCN(Cc2cccc(C(F)(F)F)c2)Cc2cc(C(=O)O)ccc21. The fraction of sp³-hybridized carbons (Fsp3) is 0.462. The molecule has 190 valence electrons. The standard InChI is InChI=1S/C26H31F3N2O4/c1-35-18-24(32)31-13-6-4-2-3-5-12-30(16-19-8-7-9-22(14-19)26(27,28)29)17-21-15-20(25(33)34)10-11-23(21)31/h7-11,14-15H,2-6,12-13,16-18H2,1H3,(H,33,34). The first-order chi connectivity index (χ1) is 16.7. The summed E-state index contributed by atoms with van der Waals surface area (Å²) in [5.41, 5.74) is 1.16. The summed E-state index contributed by atoms with van der Waals surface area (Å²) in [6, 6.07) is 9.92. The second kappa shape index (κ2) is 12.2. The number of carboxylic acid groups (broad SMARTS) is 1. The van der Waals surface area contributed by atoms with Gasteiger partial charge in [-0.05, 0) is 54.8 Å². The summed E-state index contributed by atoms with van der Waals surface area (Å²) in [5, 5.41) is 9.54. The van der Waals surface area contributed by atoms with Crippen molar-refractivity contribution in [1.29, 1.82) is 0 Å². The number of methoxy groups -OCH3 is 1. The molecule has 0 saturated carbocycles. The molecule has 1 heterocycles. The first-order valence-electron chi connectivity index (χ1n) is 11.7. The van der Waals surface area contributed by atoms with E-state index in [2.05, 4.69) is 0 Å². The highest BCUT2D eigenvalue weighted by molar-refractivity contribution is 5.96. The van der Waals surface area contributed by atoms with Crippen LogP contribution in [0.5, 0.6) is 0 Å². The zero-order valence-corrected chi connectivity index (χ0v) is 19.8.